The van der Waals surface area contributed by atoms with Gasteiger partial charge in [-0.15, -0.1) is 0 Å². The Labute approximate surface area is 114 Å². The van der Waals surface area contributed by atoms with Crippen molar-refractivity contribution in [2.45, 2.75) is 31.8 Å². The number of rotatable bonds is 4. The van der Waals surface area contributed by atoms with E-state index >= 15 is 0 Å². The molecule has 0 fully saturated rings. The number of nitrogens with zero attached hydrogens (tertiary/aromatic N) is 1. The minimum absolute atomic E-state index is 0.0998. The van der Waals surface area contributed by atoms with Gasteiger partial charge < -0.3 is 10.6 Å². The molecule has 0 amide bonds. The molecule has 2 nitrogen and oxygen atoms in total. The molecule has 2 unspecified atom stereocenters. The number of likely N-dealkylation sites (N-methyl/N-ethyl adjacent to an activating group) is 1. The van der Waals surface area contributed by atoms with Crippen molar-refractivity contribution in [3.63, 3.8) is 0 Å². The molecule has 2 N–H and O–H groups in total. The molecule has 4 heteroatoms. The lowest BCUT2D eigenvalue weighted by molar-refractivity contribution is 0.132. The summed E-state index contributed by atoms with van der Waals surface area (Å²) in [7, 11) is 4.09. The Morgan fingerprint density at radius 1 is 1.29 bits per heavy atom. The summed E-state index contributed by atoms with van der Waals surface area (Å²) in [5.41, 5.74) is 7.27. The lowest BCUT2D eigenvalue weighted by Gasteiger charge is -2.41. The third kappa shape index (κ3) is 2.94. The van der Waals surface area contributed by atoms with Crippen LogP contribution in [0.15, 0.2) is 18.2 Å². The van der Waals surface area contributed by atoms with E-state index in [2.05, 4.69) is 18.7 Å². The van der Waals surface area contributed by atoms with Crippen molar-refractivity contribution in [1.82, 2.24) is 4.90 Å². The summed E-state index contributed by atoms with van der Waals surface area (Å²) in [5, 5.41) is 1.11. The molecular weight excluding hydrogens is 255 g/mol. The maximum atomic E-state index is 6.36. The molecule has 0 saturated heterocycles. The first-order valence-corrected chi connectivity index (χ1v) is 6.46. The van der Waals surface area contributed by atoms with Crippen LogP contribution in [0.5, 0.6) is 0 Å². The van der Waals surface area contributed by atoms with Crippen LogP contribution in [-0.2, 0) is 0 Å². The molecule has 0 saturated carbocycles. The normalized spacial score (nSPS) is 16.9. The van der Waals surface area contributed by atoms with E-state index in [9.17, 15) is 0 Å². The van der Waals surface area contributed by atoms with Gasteiger partial charge in [0, 0.05) is 11.6 Å². The van der Waals surface area contributed by atoms with Crippen LogP contribution < -0.4 is 5.73 Å². The number of benzene rings is 1. The summed E-state index contributed by atoms with van der Waals surface area (Å²) in [6.07, 6.45) is 0.960. The molecule has 1 aromatic carbocycles. The molecule has 0 spiro atoms. The van der Waals surface area contributed by atoms with E-state index in [0.29, 0.717) is 10.0 Å². The van der Waals surface area contributed by atoms with Crippen LogP contribution in [0.25, 0.3) is 0 Å². The third-order valence-corrected chi connectivity index (χ3v) is 4.45. The summed E-state index contributed by atoms with van der Waals surface area (Å²) in [6, 6.07) is 5.49. The van der Waals surface area contributed by atoms with Gasteiger partial charge in [0.1, 0.15) is 0 Å². The summed E-state index contributed by atoms with van der Waals surface area (Å²) in [4.78, 5) is 2.15. The maximum Gasteiger partial charge on any atom is 0.0595 e. The molecule has 96 valence electrons. The van der Waals surface area contributed by atoms with Crippen LogP contribution in [0.4, 0.5) is 0 Å². The molecule has 1 rings (SSSR count). The van der Waals surface area contributed by atoms with Gasteiger partial charge in [-0.2, -0.15) is 0 Å². The van der Waals surface area contributed by atoms with E-state index in [1.165, 1.54) is 0 Å². The highest BCUT2D eigenvalue weighted by molar-refractivity contribution is 6.42. The van der Waals surface area contributed by atoms with Crippen molar-refractivity contribution in [3.05, 3.63) is 33.8 Å². The Hall–Kier alpha value is -0.280. The Morgan fingerprint density at radius 3 is 2.29 bits per heavy atom. The fourth-order valence-electron chi connectivity index (χ4n) is 1.88. The average molecular weight is 275 g/mol. The summed E-state index contributed by atoms with van der Waals surface area (Å²) < 4.78 is 0. The lowest BCUT2D eigenvalue weighted by Crippen LogP contribution is -2.49. The van der Waals surface area contributed by atoms with Crippen molar-refractivity contribution >= 4 is 23.2 Å². The van der Waals surface area contributed by atoms with E-state index in [4.69, 9.17) is 28.9 Å². The van der Waals surface area contributed by atoms with Gasteiger partial charge in [-0.25, -0.2) is 0 Å². The number of halogens is 2. The zero-order valence-electron chi connectivity index (χ0n) is 10.8. The molecule has 2 atom stereocenters. The predicted molar refractivity (Wildman–Crippen MR) is 75.8 cm³/mol. The standard InChI is InChI=1S/C13H20Cl2N2/c1-5-13(2,17(3)4)12(16)9-6-7-10(14)11(15)8-9/h6-8,12H,5,16H2,1-4H3. The van der Waals surface area contributed by atoms with Gasteiger partial charge in [-0.1, -0.05) is 36.2 Å². The van der Waals surface area contributed by atoms with Crippen molar-refractivity contribution in [2.75, 3.05) is 14.1 Å². The van der Waals surface area contributed by atoms with Crippen molar-refractivity contribution < 1.29 is 0 Å². The van der Waals surface area contributed by atoms with Crippen LogP contribution in [0, 0.1) is 0 Å². The Balaban J connectivity index is 3.10. The molecule has 0 radical (unpaired) electrons. The molecule has 0 heterocycles. The molecule has 0 aliphatic carbocycles. The Kier molecular flexibility index (Phi) is 4.85. The first kappa shape index (κ1) is 14.8. The fraction of sp³-hybridized carbons (Fsp3) is 0.538. The molecule has 17 heavy (non-hydrogen) atoms. The molecule has 1 aromatic rings. The molecule has 0 bridgehead atoms. The Morgan fingerprint density at radius 2 is 1.88 bits per heavy atom. The predicted octanol–water partition coefficient (Wildman–Crippen LogP) is 3.72. The smallest absolute Gasteiger partial charge is 0.0595 e. The van der Waals surface area contributed by atoms with Gasteiger partial charge in [-0.3, -0.25) is 0 Å². The number of hydrogen-bond acceptors (Lipinski definition) is 2. The first-order chi connectivity index (χ1) is 7.82. The third-order valence-electron chi connectivity index (χ3n) is 3.71. The molecule has 0 aromatic heterocycles. The lowest BCUT2D eigenvalue weighted by atomic mass is 9.84. The average Bonchev–Trinajstić information content (AvgIpc) is 2.30. The van der Waals surface area contributed by atoms with Crippen LogP contribution in [0.2, 0.25) is 10.0 Å². The van der Waals surface area contributed by atoms with Crippen molar-refractivity contribution in [3.8, 4) is 0 Å². The van der Waals surface area contributed by atoms with Gasteiger partial charge in [0.05, 0.1) is 10.0 Å². The topological polar surface area (TPSA) is 29.3 Å². The van der Waals surface area contributed by atoms with Gasteiger partial charge in [0.15, 0.2) is 0 Å². The van der Waals surface area contributed by atoms with Crippen LogP contribution in [0.3, 0.4) is 0 Å². The van der Waals surface area contributed by atoms with E-state index < -0.39 is 0 Å². The zero-order chi connectivity index (χ0) is 13.2. The minimum atomic E-state index is -0.100. The first-order valence-electron chi connectivity index (χ1n) is 5.71. The second-order valence-corrected chi connectivity index (χ2v) is 5.57. The minimum Gasteiger partial charge on any atom is -0.322 e. The summed E-state index contributed by atoms with van der Waals surface area (Å²) >= 11 is 11.9. The fourth-order valence-corrected chi connectivity index (χ4v) is 2.19. The highest BCUT2D eigenvalue weighted by Gasteiger charge is 2.33. The van der Waals surface area contributed by atoms with E-state index in [1.54, 1.807) is 6.07 Å². The molecule has 0 aliphatic rings. The highest BCUT2D eigenvalue weighted by atomic mass is 35.5. The second-order valence-electron chi connectivity index (χ2n) is 4.76. The number of hydrogen-bond donors (Lipinski definition) is 1. The van der Waals surface area contributed by atoms with E-state index in [1.807, 2.05) is 26.2 Å². The highest BCUT2D eigenvalue weighted by Crippen LogP contribution is 2.33. The largest absolute Gasteiger partial charge is 0.322 e. The van der Waals surface area contributed by atoms with Crippen molar-refractivity contribution in [1.29, 1.82) is 0 Å². The molecule has 0 aliphatic heterocycles. The Bertz CT molecular complexity index is 393. The van der Waals surface area contributed by atoms with Crippen molar-refractivity contribution in [2.24, 2.45) is 5.73 Å². The van der Waals surface area contributed by atoms with Crippen LogP contribution in [0.1, 0.15) is 31.9 Å². The molecular formula is C13H20Cl2N2. The second kappa shape index (κ2) is 5.57. The van der Waals surface area contributed by atoms with Gasteiger partial charge in [0.25, 0.3) is 0 Å². The maximum absolute atomic E-state index is 6.36. The van der Waals surface area contributed by atoms with Crippen LogP contribution >= 0.6 is 23.2 Å². The van der Waals surface area contributed by atoms with E-state index in [-0.39, 0.29) is 11.6 Å². The number of nitrogens with two attached hydrogens (primary N) is 1. The van der Waals surface area contributed by atoms with E-state index in [0.717, 1.165) is 12.0 Å². The SMILES string of the molecule is CCC(C)(C(N)c1ccc(Cl)c(Cl)c1)N(C)C. The summed E-state index contributed by atoms with van der Waals surface area (Å²) in [5.74, 6) is 0. The van der Waals surface area contributed by atoms with Gasteiger partial charge >= 0.3 is 0 Å². The summed E-state index contributed by atoms with van der Waals surface area (Å²) in [6.45, 7) is 4.29. The van der Waals surface area contributed by atoms with Gasteiger partial charge in [0.2, 0.25) is 0 Å². The van der Waals surface area contributed by atoms with Crippen LogP contribution in [-0.4, -0.2) is 24.5 Å². The quantitative estimate of drug-likeness (QED) is 0.907. The zero-order valence-corrected chi connectivity index (χ0v) is 12.3. The monoisotopic (exact) mass is 274 g/mol. The van der Waals surface area contributed by atoms with Gasteiger partial charge in [-0.05, 0) is 45.1 Å².